The number of ether oxygens (including phenoxy) is 3. The number of hydrogen-bond acceptors (Lipinski definition) is 13. The van der Waals surface area contributed by atoms with Gasteiger partial charge in [-0.1, -0.05) is 35.7 Å². The minimum absolute atomic E-state index is 0.0864. The highest BCUT2D eigenvalue weighted by molar-refractivity contribution is 7.90. The van der Waals surface area contributed by atoms with Crippen LogP contribution < -0.4 is 19.7 Å². The maximum atomic E-state index is 13.8. The zero-order valence-electron chi connectivity index (χ0n) is 34.0. The van der Waals surface area contributed by atoms with Gasteiger partial charge in [-0.15, -0.1) is 4.91 Å². The standard InChI is InChI=1S/C44H49ClN8O7S/c1-58-23-24-59-22-17-46-38-9-7-35(26-39(38)50-55)61(56,57)51-42(54)36-8-10-40(49-43(36)60-34-25-31-12-16-47-41(31)48-28-34)53-20-18-52(19-21-53)29-32-11-15-44(13-2-14-44)27-37(32)30-3-5-33(45)6-4-30/h3-10,12,16,25-26,28,46H,2,11,13-15,17-24,27,29H2,1H3,(H,47,48)(H,51,54). The van der Waals surface area contributed by atoms with Gasteiger partial charge in [0.2, 0.25) is 5.88 Å². The summed E-state index contributed by atoms with van der Waals surface area (Å²) in [6, 6.07) is 18.9. The van der Waals surface area contributed by atoms with Gasteiger partial charge in [0.25, 0.3) is 15.9 Å². The number of aromatic amines is 1. The summed E-state index contributed by atoms with van der Waals surface area (Å²) in [6.07, 6.45) is 10.7. The van der Waals surface area contributed by atoms with Crippen LogP contribution in [0.2, 0.25) is 5.02 Å². The van der Waals surface area contributed by atoms with E-state index in [0.717, 1.165) is 49.0 Å². The SMILES string of the molecule is COCCOCCNc1ccc(S(=O)(=O)NC(=O)c2ccc(N3CCN(CC4=C(c5ccc(Cl)cc5)CC5(CCC5)CC4)CC3)nc2Oc2cnc3[nH]ccc3c2)cc1N=O. The van der Waals surface area contributed by atoms with Crippen molar-refractivity contribution >= 4 is 61.3 Å². The molecule has 320 valence electrons. The lowest BCUT2D eigenvalue weighted by atomic mass is 9.59. The number of piperazine rings is 1. The van der Waals surface area contributed by atoms with E-state index in [1.807, 2.05) is 18.2 Å². The third kappa shape index (κ3) is 9.89. The second kappa shape index (κ2) is 18.7. The number of aromatic nitrogens is 3. The summed E-state index contributed by atoms with van der Waals surface area (Å²) in [5.74, 6) is -0.152. The topological polar surface area (TPSA) is 180 Å². The number of nitroso groups, excluding NO2 is 1. The molecule has 2 aliphatic carbocycles. The summed E-state index contributed by atoms with van der Waals surface area (Å²) < 4.78 is 45.9. The van der Waals surface area contributed by atoms with Crippen LogP contribution in [0.5, 0.6) is 11.6 Å². The molecule has 1 amide bonds. The third-order valence-corrected chi connectivity index (χ3v) is 13.5. The molecule has 15 nitrogen and oxygen atoms in total. The highest BCUT2D eigenvalue weighted by Gasteiger charge is 2.41. The zero-order chi connectivity index (χ0) is 42.4. The van der Waals surface area contributed by atoms with E-state index in [0.29, 0.717) is 67.8 Å². The Morgan fingerprint density at radius 3 is 2.56 bits per heavy atom. The van der Waals surface area contributed by atoms with Gasteiger partial charge in [-0.2, -0.15) is 4.98 Å². The van der Waals surface area contributed by atoms with E-state index in [2.05, 4.69) is 47.1 Å². The maximum Gasteiger partial charge on any atom is 0.270 e. The molecular formula is C44H49ClN8O7S. The number of nitrogens with one attached hydrogen (secondary N) is 3. The Morgan fingerprint density at radius 2 is 1.80 bits per heavy atom. The molecule has 8 rings (SSSR count). The number of carbonyl (C=O) groups is 1. The number of methoxy groups -OCH3 is 1. The van der Waals surface area contributed by atoms with Gasteiger partial charge in [0.15, 0.2) is 0 Å². The van der Waals surface area contributed by atoms with Crippen LogP contribution in [0.4, 0.5) is 17.2 Å². The molecule has 0 atom stereocenters. The molecule has 0 radical (unpaired) electrons. The monoisotopic (exact) mass is 868 g/mol. The first-order valence-corrected chi connectivity index (χ1v) is 22.4. The van der Waals surface area contributed by atoms with Gasteiger partial charge in [-0.3, -0.25) is 9.69 Å². The Morgan fingerprint density at radius 1 is 0.984 bits per heavy atom. The maximum absolute atomic E-state index is 13.8. The van der Waals surface area contributed by atoms with E-state index < -0.39 is 15.9 Å². The normalized spacial score (nSPS) is 16.7. The molecule has 1 aliphatic heterocycles. The Bertz CT molecular complexity index is 2520. The van der Waals surface area contributed by atoms with Crippen molar-refractivity contribution in [3.63, 3.8) is 0 Å². The van der Waals surface area contributed by atoms with Crippen LogP contribution in [-0.2, 0) is 19.5 Å². The lowest BCUT2D eigenvalue weighted by molar-refractivity contribution is 0.0759. The minimum atomic E-state index is -4.47. The molecule has 3 aromatic heterocycles. The van der Waals surface area contributed by atoms with E-state index in [4.69, 9.17) is 30.8 Å². The Balaban J connectivity index is 0.981. The first kappa shape index (κ1) is 42.3. The van der Waals surface area contributed by atoms with Crippen LogP contribution in [0.15, 0.2) is 94.8 Å². The molecular weight excluding hydrogens is 820 g/mol. The molecule has 0 bridgehead atoms. The number of fused-ring (bicyclic) bond motifs is 1. The molecule has 3 N–H and O–H groups in total. The largest absolute Gasteiger partial charge is 0.436 e. The number of pyridine rings is 2. The fourth-order valence-electron chi connectivity index (χ4n) is 8.38. The Kier molecular flexibility index (Phi) is 13.0. The fraction of sp³-hybridized carbons (Fsp3) is 0.386. The molecule has 17 heteroatoms. The average molecular weight is 869 g/mol. The van der Waals surface area contributed by atoms with Gasteiger partial charge in [0.1, 0.15) is 28.5 Å². The number of halogens is 1. The zero-order valence-corrected chi connectivity index (χ0v) is 35.6. The summed E-state index contributed by atoms with van der Waals surface area (Å²) in [6.45, 7) is 5.41. The summed E-state index contributed by atoms with van der Waals surface area (Å²) in [4.78, 5) is 42.1. The van der Waals surface area contributed by atoms with Gasteiger partial charge in [0.05, 0.1) is 36.6 Å². The van der Waals surface area contributed by atoms with Crippen LogP contribution in [0.25, 0.3) is 16.6 Å². The summed E-state index contributed by atoms with van der Waals surface area (Å²) in [7, 11) is -2.90. The number of carbonyl (C=O) groups excluding carboxylic acids is 1. The van der Waals surface area contributed by atoms with Gasteiger partial charge < -0.3 is 29.4 Å². The first-order chi connectivity index (χ1) is 29.6. The summed E-state index contributed by atoms with van der Waals surface area (Å²) in [5, 5.41) is 7.54. The van der Waals surface area contributed by atoms with Gasteiger partial charge >= 0.3 is 0 Å². The molecule has 2 fully saturated rings. The van der Waals surface area contributed by atoms with Crippen LogP contribution in [0.3, 0.4) is 0 Å². The first-order valence-electron chi connectivity index (χ1n) is 20.5. The van der Waals surface area contributed by atoms with Crippen molar-refractivity contribution in [3.8, 4) is 11.6 Å². The molecule has 1 saturated carbocycles. The molecule has 5 aromatic rings. The van der Waals surface area contributed by atoms with Crippen molar-refractivity contribution in [3.05, 3.63) is 106 Å². The van der Waals surface area contributed by atoms with E-state index in [9.17, 15) is 18.1 Å². The predicted molar refractivity (Wildman–Crippen MR) is 235 cm³/mol. The van der Waals surface area contributed by atoms with Crippen molar-refractivity contribution in [2.75, 3.05) is 76.4 Å². The number of rotatable bonds is 17. The number of sulfonamides is 1. The van der Waals surface area contributed by atoms with Crippen molar-refractivity contribution in [2.45, 2.75) is 43.4 Å². The second-order valence-electron chi connectivity index (χ2n) is 15.8. The third-order valence-electron chi connectivity index (χ3n) is 11.9. The average Bonchev–Trinajstić information content (AvgIpc) is 3.73. The number of allylic oxidation sites excluding steroid dienone is 1. The number of amides is 1. The predicted octanol–water partition coefficient (Wildman–Crippen LogP) is 7.93. The number of benzene rings is 2. The minimum Gasteiger partial charge on any atom is -0.436 e. The van der Waals surface area contributed by atoms with Crippen LogP contribution >= 0.6 is 11.6 Å². The molecule has 61 heavy (non-hydrogen) atoms. The highest BCUT2D eigenvalue weighted by Crippen LogP contribution is 2.55. The van der Waals surface area contributed by atoms with Crippen molar-refractivity contribution in [1.82, 2.24) is 24.6 Å². The van der Waals surface area contributed by atoms with Crippen molar-refractivity contribution in [1.29, 1.82) is 0 Å². The summed E-state index contributed by atoms with van der Waals surface area (Å²) in [5.41, 5.74) is 5.42. The Hall–Kier alpha value is -5.39. The fourth-order valence-corrected chi connectivity index (χ4v) is 9.49. The summed E-state index contributed by atoms with van der Waals surface area (Å²) >= 11 is 6.27. The van der Waals surface area contributed by atoms with Gasteiger partial charge in [-0.25, -0.2) is 18.1 Å². The van der Waals surface area contributed by atoms with Crippen molar-refractivity contribution in [2.24, 2.45) is 10.6 Å². The molecule has 1 saturated heterocycles. The number of nitrogens with zero attached hydrogens (tertiary/aromatic N) is 5. The smallest absolute Gasteiger partial charge is 0.270 e. The number of hydrogen-bond donors (Lipinski definition) is 3. The lowest BCUT2D eigenvalue weighted by Crippen LogP contribution is -2.47. The molecule has 1 spiro atoms. The van der Waals surface area contributed by atoms with Crippen LogP contribution in [0, 0.1) is 10.3 Å². The molecule has 2 aromatic carbocycles. The van der Waals surface area contributed by atoms with E-state index in [1.54, 1.807) is 25.4 Å². The quantitative estimate of drug-likeness (QED) is 0.0608. The molecule has 0 unspecified atom stereocenters. The van der Waals surface area contributed by atoms with E-state index in [-0.39, 0.29) is 22.0 Å². The highest BCUT2D eigenvalue weighted by atomic mass is 35.5. The van der Waals surface area contributed by atoms with Crippen molar-refractivity contribution < 1.29 is 27.4 Å². The molecule has 4 heterocycles. The number of H-pyrrole nitrogens is 1. The molecule has 3 aliphatic rings. The lowest BCUT2D eigenvalue weighted by Gasteiger charge is -2.47. The van der Waals surface area contributed by atoms with Crippen LogP contribution in [0.1, 0.15) is 54.4 Å². The van der Waals surface area contributed by atoms with Gasteiger partial charge in [-0.05, 0) is 108 Å². The van der Waals surface area contributed by atoms with Gasteiger partial charge in [0, 0.05) is 63.0 Å². The van der Waals surface area contributed by atoms with E-state index >= 15 is 0 Å². The van der Waals surface area contributed by atoms with E-state index in [1.165, 1.54) is 66.8 Å². The Labute approximate surface area is 359 Å². The second-order valence-corrected chi connectivity index (χ2v) is 17.9. The van der Waals surface area contributed by atoms with Crippen LogP contribution in [-0.4, -0.2) is 100 Å². The number of anilines is 2.